The quantitative estimate of drug-likeness (QED) is 0.689. The topological polar surface area (TPSA) is 28.7 Å². The Bertz CT molecular complexity index is 711. The average Bonchev–Trinajstić information content (AvgIpc) is 3.04. The van der Waals surface area contributed by atoms with Crippen molar-refractivity contribution in [3.63, 3.8) is 0 Å². The van der Waals surface area contributed by atoms with E-state index in [4.69, 9.17) is 4.98 Å². The molecule has 2 nitrogen and oxygen atoms in total. The minimum atomic E-state index is 0.613. The van der Waals surface area contributed by atoms with Gasteiger partial charge >= 0.3 is 0 Å². The highest BCUT2D eigenvalue weighted by molar-refractivity contribution is 5.59. The van der Waals surface area contributed by atoms with E-state index in [2.05, 4.69) is 67.4 Å². The summed E-state index contributed by atoms with van der Waals surface area (Å²) in [7, 11) is 0. The molecule has 2 heteroatoms. The summed E-state index contributed by atoms with van der Waals surface area (Å²) < 4.78 is 0. The molecule has 2 aromatic carbocycles. The molecule has 1 unspecified atom stereocenters. The Morgan fingerprint density at radius 2 is 1.73 bits per heavy atom. The lowest BCUT2D eigenvalue weighted by Gasteiger charge is -2.08. The van der Waals surface area contributed by atoms with Gasteiger partial charge in [-0.3, -0.25) is 0 Å². The summed E-state index contributed by atoms with van der Waals surface area (Å²) in [4.78, 5) is 8.01. The van der Waals surface area contributed by atoms with Gasteiger partial charge in [-0.05, 0) is 23.5 Å². The molecule has 0 bridgehead atoms. The third-order valence-electron chi connectivity index (χ3n) is 4.23. The lowest BCUT2D eigenvalue weighted by atomic mass is 9.97. The number of nitrogens with one attached hydrogen (secondary N) is 1. The van der Waals surface area contributed by atoms with Crippen LogP contribution in [0.2, 0.25) is 0 Å². The molecule has 0 aliphatic rings. The van der Waals surface area contributed by atoms with Crippen LogP contribution in [-0.2, 0) is 6.42 Å². The Morgan fingerprint density at radius 3 is 2.41 bits per heavy atom. The smallest absolute Gasteiger partial charge is 0.111 e. The predicted molar refractivity (Wildman–Crippen MR) is 92.0 cm³/mol. The third-order valence-corrected chi connectivity index (χ3v) is 4.23. The first-order chi connectivity index (χ1) is 10.8. The molecule has 0 aliphatic heterocycles. The summed E-state index contributed by atoms with van der Waals surface area (Å²) in [6, 6.07) is 19.2. The van der Waals surface area contributed by atoms with E-state index in [0.717, 1.165) is 17.9 Å². The highest BCUT2D eigenvalue weighted by Crippen LogP contribution is 2.23. The normalized spacial score (nSPS) is 12.3. The number of H-pyrrole nitrogens is 1. The van der Waals surface area contributed by atoms with Gasteiger partial charge in [-0.15, -0.1) is 0 Å². The zero-order chi connectivity index (χ0) is 15.4. The fourth-order valence-electron chi connectivity index (χ4n) is 2.61. The van der Waals surface area contributed by atoms with Crippen molar-refractivity contribution in [2.75, 3.05) is 0 Å². The minimum absolute atomic E-state index is 0.613. The Kier molecular flexibility index (Phi) is 4.38. The molecule has 3 aromatic rings. The number of rotatable bonds is 5. The second-order valence-corrected chi connectivity index (χ2v) is 5.83. The number of hydrogen-bond donors (Lipinski definition) is 1. The van der Waals surface area contributed by atoms with E-state index in [1.165, 1.54) is 23.1 Å². The van der Waals surface area contributed by atoms with Crippen molar-refractivity contribution < 1.29 is 0 Å². The maximum Gasteiger partial charge on any atom is 0.111 e. The summed E-state index contributed by atoms with van der Waals surface area (Å²) in [5.74, 6) is 1.62. The Morgan fingerprint density at radius 1 is 1.00 bits per heavy atom. The molecule has 0 saturated carbocycles. The Balaban J connectivity index is 1.76. The molecule has 0 radical (unpaired) electrons. The molecule has 0 saturated heterocycles. The van der Waals surface area contributed by atoms with Gasteiger partial charge in [0.25, 0.3) is 0 Å². The molecule has 0 fully saturated rings. The van der Waals surface area contributed by atoms with Crippen molar-refractivity contribution in [1.29, 1.82) is 0 Å². The molecule has 1 heterocycles. The van der Waals surface area contributed by atoms with Crippen molar-refractivity contribution >= 4 is 0 Å². The van der Waals surface area contributed by atoms with Gasteiger partial charge in [-0.25, -0.2) is 4.98 Å². The van der Waals surface area contributed by atoms with Crippen LogP contribution < -0.4 is 0 Å². The van der Waals surface area contributed by atoms with Gasteiger partial charge in [0.2, 0.25) is 0 Å². The lowest BCUT2D eigenvalue weighted by Crippen LogP contribution is -1.91. The molecular formula is C20H22N2. The molecule has 0 aliphatic carbocycles. The van der Waals surface area contributed by atoms with Gasteiger partial charge in [0.05, 0.1) is 5.69 Å². The van der Waals surface area contributed by atoms with Crippen molar-refractivity contribution in [1.82, 2.24) is 9.97 Å². The second kappa shape index (κ2) is 6.61. The molecule has 22 heavy (non-hydrogen) atoms. The summed E-state index contributed by atoms with van der Waals surface area (Å²) in [6.07, 6.45) is 4.01. The highest BCUT2D eigenvalue weighted by atomic mass is 14.9. The fourth-order valence-corrected chi connectivity index (χ4v) is 2.61. The molecule has 1 N–H and O–H groups in total. The number of aromatic nitrogens is 2. The monoisotopic (exact) mass is 290 g/mol. The zero-order valence-electron chi connectivity index (χ0n) is 13.2. The first-order valence-electron chi connectivity index (χ1n) is 7.95. The highest BCUT2D eigenvalue weighted by Gasteiger charge is 2.07. The third kappa shape index (κ3) is 3.28. The largest absolute Gasteiger partial charge is 0.348 e. The van der Waals surface area contributed by atoms with E-state index in [1.807, 2.05) is 12.3 Å². The summed E-state index contributed by atoms with van der Waals surface area (Å²) >= 11 is 0. The molecular weight excluding hydrogens is 268 g/mol. The SMILES string of the molecule is CCC(C)c1ccc(-c2c[nH]c(Cc3ccccc3)n2)cc1. The van der Waals surface area contributed by atoms with Crippen molar-refractivity contribution in [2.45, 2.75) is 32.6 Å². The van der Waals surface area contributed by atoms with Crippen molar-refractivity contribution in [3.8, 4) is 11.3 Å². The van der Waals surface area contributed by atoms with Crippen LogP contribution in [0.5, 0.6) is 0 Å². The average molecular weight is 290 g/mol. The Hall–Kier alpha value is -2.35. The van der Waals surface area contributed by atoms with Crippen molar-refractivity contribution in [3.05, 3.63) is 77.7 Å². The molecule has 112 valence electrons. The standard InChI is InChI=1S/C20H22N2/c1-3-15(2)17-9-11-18(12-10-17)19-14-21-20(22-19)13-16-7-5-4-6-8-16/h4-12,14-15H,3,13H2,1-2H3,(H,21,22). The maximum atomic E-state index is 4.71. The maximum absolute atomic E-state index is 4.71. The van der Waals surface area contributed by atoms with Crippen LogP contribution in [0.1, 0.15) is 43.1 Å². The van der Waals surface area contributed by atoms with E-state index in [-0.39, 0.29) is 0 Å². The van der Waals surface area contributed by atoms with Gasteiger partial charge in [-0.2, -0.15) is 0 Å². The van der Waals surface area contributed by atoms with Crippen LogP contribution in [0.25, 0.3) is 11.3 Å². The molecule has 1 aromatic heterocycles. The molecule has 1 atom stereocenters. The van der Waals surface area contributed by atoms with Crippen LogP contribution in [-0.4, -0.2) is 9.97 Å². The van der Waals surface area contributed by atoms with Crippen LogP contribution in [0.4, 0.5) is 0 Å². The predicted octanol–water partition coefficient (Wildman–Crippen LogP) is 5.18. The number of aromatic amines is 1. The van der Waals surface area contributed by atoms with Gasteiger partial charge in [0.15, 0.2) is 0 Å². The van der Waals surface area contributed by atoms with Crippen molar-refractivity contribution in [2.24, 2.45) is 0 Å². The number of imidazole rings is 1. The number of nitrogens with zero attached hydrogens (tertiary/aromatic N) is 1. The summed E-state index contributed by atoms with van der Waals surface area (Å²) in [5.41, 5.74) is 4.85. The fraction of sp³-hybridized carbons (Fsp3) is 0.250. The van der Waals surface area contributed by atoms with Crippen LogP contribution >= 0.6 is 0 Å². The summed E-state index contributed by atoms with van der Waals surface area (Å²) in [5, 5.41) is 0. The van der Waals surface area contributed by atoms with Crippen LogP contribution in [0.15, 0.2) is 60.8 Å². The van der Waals surface area contributed by atoms with Gasteiger partial charge < -0.3 is 4.98 Å². The number of hydrogen-bond acceptors (Lipinski definition) is 1. The first kappa shape index (κ1) is 14.6. The van der Waals surface area contributed by atoms with E-state index in [1.54, 1.807) is 0 Å². The van der Waals surface area contributed by atoms with E-state index in [9.17, 15) is 0 Å². The second-order valence-electron chi connectivity index (χ2n) is 5.83. The first-order valence-corrected chi connectivity index (χ1v) is 7.95. The van der Waals surface area contributed by atoms with Crippen LogP contribution in [0, 0.1) is 0 Å². The van der Waals surface area contributed by atoms with E-state index in [0.29, 0.717) is 5.92 Å². The van der Waals surface area contributed by atoms with E-state index < -0.39 is 0 Å². The van der Waals surface area contributed by atoms with E-state index >= 15 is 0 Å². The number of benzene rings is 2. The van der Waals surface area contributed by atoms with Crippen LogP contribution in [0.3, 0.4) is 0 Å². The van der Waals surface area contributed by atoms with Gasteiger partial charge in [0.1, 0.15) is 5.82 Å². The lowest BCUT2D eigenvalue weighted by molar-refractivity contribution is 0.734. The molecule has 0 amide bonds. The molecule has 0 spiro atoms. The Labute approximate surface area is 132 Å². The zero-order valence-corrected chi connectivity index (χ0v) is 13.2. The van der Waals surface area contributed by atoms with Gasteiger partial charge in [0, 0.05) is 18.2 Å². The summed E-state index contributed by atoms with van der Waals surface area (Å²) in [6.45, 7) is 4.49. The minimum Gasteiger partial charge on any atom is -0.348 e. The van der Waals surface area contributed by atoms with Gasteiger partial charge in [-0.1, -0.05) is 68.4 Å². The molecule has 3 rings (SSSR count).